The molecule has 0 saturated heterocycles. The van der Waals surface area contributed by atoms with Crippen LogP contribution in [0.5, 0.6) is 0 Å². The number of nitrogens with two attached hydrogens (primary N) is 1. The Hall–Kier alpha value is -2.10. The molecule has 0 aromatic carbocycles. The van der Waals surface area contributed by atoms with Crippen molar-refractivity contribution in [2.45, 2.75) is 13.5 Å². The van der Waals surface area contributed by atoms with Crippen molar-refractivity contribution in [3.05, 3.63) is 39.3 Å². The highest BCUT2D eigenvalue weighted by Crippen LogP contribution is 2.17. The third-order valence-electron chi connectivity index (χ3n) is 3.19. The van der Waals surface area contributed by atoms with Crippen LogP contribution in [-0.2, 0) is 13.6 Å². The third-order valence-corrected chi connectivity index (χ3v) is 4.12. The average molecular weight is 302 g/mol. The number of amides is 1. The van der Waals surface area contributed by atoms with E-state index in [1.54, 1.807) is 34.2 Å². The molecule has 0 bridgehead atoms. The second-order valence-electron chi connectivity index (χ2n) is 4.74. The zero-order valence-electron chi connectivity index (χ0n) is 12.4. The Morgan fingerprint density at radius 1 is 1.57 bits per heavy atom. The van der Waals surface area contributed by atoms with Gasteiger partial charge in [-0.05, 0) is 13.0 Å². The predicted octanol–water partition coefficient (Wildman–Crippen LogP) is 1.37. The number of thiophene rings is 1. The Morgan fingerprint density at radius 2 is 2.33 bits per heavy atom. The highest BCUT2D eigenvalue weighted by atomic mass is 32.1. The van der Waals surface area contributed by atoms with Crippen molar-refractivity contribution in [2.75, 3.05) is 13.6 Å². The van der Waals surface area contributed by atoms with Gasteiger partial charge in [0.15, 0.2) is 0 Å². The number of carbonyl (C=O) groups excluding carboxylic acids is 1. The van der Waals surface area contributed by atoms with Crippen molar-refractivity contribution in [3.8, 4) is 11.8 Å². The van der Waals surface area contributed by atoms with E-state index in [9.17, 15) is 4.79 Å². The van der Waals surface area contributed by atoms with E-state index in [1.807, 2.05) is 25.4 Å². The number of nitrogens with zero attached hydrogens (tertiary/aromatic N) is 3. The molecular weight excluding hydrogens is 284 g/mol. The molecule has 21 heavy (non-hydrogen) atoms. The zero-order valence-corrected chi connectivity index (χ0v) is 13.2. The van der Waals surface area contributed by atoms with E-state index in [-0.39, 0.29) is 5.91 Å². The fourth-order valence-electron chi connectivity index (χ4n) is 1.90. The molecule has 0 aliphatic heterocycles. The summed E-state index contributed by atoms with van der Waals surface area (Å²) in [6.45, 7) is 2.80. The standard InChI is InChI=1S/C15H18N4OS/c1-11-14(8-17-19(11)3)15(20)18(2)9-13-7-12(10-21-13)5-4-6-16/h7-8,10H,6,9,16H2,1-3H3. The van der Waals surface area contributed by atoms with Gasteiger partial charge < -0.3 is 10.6 Å². The molecule has 2 aromatic rings. The van der Waals surface area contributed by atoms with E-state index in [2.05, 4.69) is 16.9 Å². The van der Waals surface area contributed by atoms with E-state index < -0.39 is 0 Å². The number of aromatic nitrogens is 2. The van der Waals surface area contributed by atoms with Crippen molar-refractivity contribution in [2.24, 2.45) is 12.8 Å². The van der Waals surface area contributed by atoms with Gasteiger partial charge in [0.2, 0.25) is 0 Å². The van der Waals surface area contributed by atoms with Gasteiger partial charge in [-0.2, -0.15) is 5.10 Å². The summed E-state index contributed by atoms with van der Waals surface area (Å²) in [5.41, 5.74) is 7.80. The molecule has 2 heterocycles. The summed E-state index contributed by atoms with van der Waals surface area (Å²) in [7, 11) is 3.62. The molecule has 0 unspecified atom stereocenters. The summed E-state index contributed by atoms with van der Waals surface area (Å²) < 4.78 is 1.70. The van der Waals surface area contributed by atoms with Crippen LogP contribution >= 0.6 is 11.3 Å². The van der Waals surface area contributed by atoms with Gasteiger partial charge in [-0.15, -0.1) is 11.3 Å². The molecule has 2 N–H and O–H groups in total. The van der Waals surface area contributed by atoms with Gasteiger partial charge in [0.25, 0.3) is 5.91 Å². The second kappa shape index (κ2) is 6.57. The topological polar surface area (TPSA) is 64.2 Å². The first-order valence-corrected chi connectivity index (χ1v) is 7.41. The van der Waals surface area contributed by atoms with Gasteiger partial charge in [-0.3, -0.25) is 9.48 Å². The molecule has 0 aliphatic carbocycles. The summed E-state index contributed by atoms with van der Waals surface area (Å²) in [4.78, 5) is 15.2. The zero-order chi connectivity index (χ0) is 15.4. The first kappa shape index (κ1) is 15.3. The molecule has 0 spiro atoms. The van der Waals surface area contributed by atoms with Crippen LogP contribution in [0.15, 0.2) is 17.6 Å². The van der Waals surface area contributed by atoms with Crippen molar-refractivity contribution < 1.29 is 4.79 Å². The molecule has 1 amide bonds. The molecule has 0 saturated carbocycles. The summed E-state index contributed by atoms with van der Waals surface area (Å²) in [6.07, 6.45) is 1.61. The van der Waals surface area contributed by atoms with Crippen molar-refractivity contribution in [1.82, 2.24) is 14.7 Å². The van der Waals surface area contributed by atoms with Gasteiger partial charge in [0, 0.05) is 35.6 Å². The lowest BCUT2D eigenvalue weighted by molar-refractivity contribution is 0.0785. The fourth-order valence-corrected chi connectivity index (χ4v) is 2.77. The maximum Gasteiger partial charge on any atom is 0.257 e. The normalized spacial score (nSPS) is 10.1. The molecule has 110 valence electrons. The minimum Gasteiger partial charge on any atom is -0.336 e. The minimum absolute atomic E-state index is 0.0245. The van der Waals surface area contributed by atoms with Gasteiger partial charge in [0.05, 0.1) is 24.8 Å². The van der Waals surface area contributed by atoms with Crippen LogP contribution in [0, 0.1) is 18.8 Å². The lowest BCUT2D eigenvalue weighted by atomic mass is 10.2. The van der Waals surface area contributed by atoms with Gasteiger partial charge in [-0.1, -0.05) is 11.8 Å². The van der Waals surface area contributed by atoms with Crippen LogP contribution in [0.25, 0.3) is 0 Å². The summed E-state index contributed by atoms with van der Waals surface area (Å²) in [5.74, 6) is 5.79. The fraction of sp³-hybridized carbons (Fsp3) is 0.333. The smallest absolute Gasteiger partial charge is 0.257 e. The summed E-state index contributed by atoms with van der Waals surface area (Å²) in [6, 6.07) is 1.99. The molecule has 5 nitrogen and oxygen atoms in total. The molecule has 0 fully saturated rings. The van der Waals surface area contributed by atoms with Crippen LogP contribution in [0.4, 0.5) is 0 Å². The maximum atomic E-state index is 12.4. The van der Waals surface area contributed by atoms with Crippen LogP contribution in [0.3, 0.4) is 0 Å². The van der Waals surface area contributed by atoms with Crippen LogP contribution in [-0.4, -0.2) is 34.2 Å². The van der Waals surface area contributed by atoms with Gasteiger partial charge in [0.1, 0.15) is 0 Å². The van der Waals surface area contributed by atoms with E-state index in [4.69, 9.17) is 5.73 Å². The van der Waals surface area contributed by atoms with Crippen LogP contribution < -0.4 is 5.73 Å². The monoisotopic (exact) mass is 302 g/mol. The third kappa shape index (κ3) is 3.51. The molecule has 0 radical (unpaired) electrons. The van der Waals surface area contributed by atoms with Gasteiger partial charge in [-0.25, -0.2) is 0 Å². The van der Waals surface area contributed by atoms with E-state index in [0.717, 1.165) is 16.1 Å². The number of hydrogen-bond acceptors (Lipinski definition) is 4. The molecule has 2 aromatic heterocycles. The van der Waals surface area contributed by atoms with E-state index in [1.165, 1.54) is 0 Å². The number of hydrogen-bond donors (Lipinski definition) is 1. The molecule has 2 rings (SSSR count). The lowest BCUT2D eigenvalue weighted by Gasteiger charge is -2.15. The van der Waals surface area contributed by atoms with E-state index in [0.29, 0.717) is 18.7 Å². The minimum atomic E-state index is -0.0245. The van der Waals surface area contributed by atoms with Crippen molar-refractivity contribution in [1.29, 1.82) is 0 Å². The number of rotatable bonds is 3. The Bertz CT molecular complexity index is 705. The van der Waals surface area contributed by atoms with Crippen LogP contribution in [0.1, 0.15) is 26.5 Å². The molecular formula is C15H18N4OS. The first-order valence-electron chi connectivity index (χ1n) is 6.53. The number of aryl methyl sites for hydroxylation is 1. The Balaban J connectivity index is 2.07. The molecule has 0 atom stereocenters. The van der Waals surface area contributed by atoms with E-state index >= 15 is 0 Å². The van der Waals surface area contributed by atoms with Crippen molar-refractivity contribution >= 4 is 17.2 Å². The Kier molecular flexibility index (Phi) is 4.78. The summed E-state index contributed by atoms with van der Waals surface area (Å²) >= 11 is 1.59. The highest BCUT2D eigenvalue weighted by molar-refractivity contribution is 7.10. The van der Waals surface area contributed by atoms with Gasteiger partial charge >= 0.3 is 0 Å². The number of carbonyl (C=O) groups is 1. The van der Waals surface area contributed by atoms with Crippen molar-refractivity contribution in [3.63, 3.8) is 0 Å². The molecule has 0 aliphatic rings. The lowest BCUT2D eigenvalue weighted by Crippen LogP contribution is -2.26. The first-order chi connectivity index (χ1) is 10.0. The molecule has 6 heteroatoms. The van der Waals surface area contributed by atoms with Crippen LogP contribution in [0.2, 0.25) is 0 Å². The second-order valence-corrected chi connectivity index (χ2v) is 5.73. The largest absolute Gasteiger partial charge is 0.336 e. The highest BCUT2D eigenvalue weighted by Gasteiger charge is 2.17. The SMILES string of the molecule is Cc1c(C(=O)N(C)Cc2cc(C#CCN)cs2)cnn1C. The quantitative estimate of drug-likeness (QED) is 0.871. The Morgan fingerprint density at radius 3 is 2.95 bits per heavy atom. The predicted molar refractivity (Wildman–Crippen MR) is 84.0 cm³/mol. The summed E-state index contributed by atoms with van der Waals surface area (Å²) in [5, 5.41) is 6.08. The maximum absolute atomic E-state index is 12.4. The average Bonchev–Trinajstić information content (AvgIpc) is 3.04. The Labute approximate surface area is 128 Å².